The molecule has 1 heterocycles. The molecule has 2 aromatic carbocycles. The summed E-state index contributed by atoms with van der Waals surface area (Å²) in [5, 5.41) is 14.1. The highest BCUT2D eigenvalue weighted by molar-refractivity contribution is 5.61. The molecule has 0 unspecified atom stereocenters. The van der Waals surface area contributed by atoms with E-state index in [1.165, 1.54) is 17.3 Å². The Kier molecular flexibility index (Phi) is 3.48. The zero-order valence-corrected chi connectivity index (χ0v) is 11.9. The maximum absolute atomic E-state index is 11.0. The van der Waals surface area contributed by atoms with E-state index in [-0.39, 0.29) is 10.6 Å². The first kappa shape index (κ1) is 13.4. The lowest BCUT2D eigenvalue weighted by Gasteiger charge is -2.21. The van der Waals surface area contributed by atoms with Crippen LogP contribution >= 0.6 is 0 Å². The highest BCUT2D eigenvalue weighted by Gasteiger charge is 2.20. The second-order valence-corrected chi connectivity index (χ2v) is 5.15. The largest absolute Gasteiger partial charge is 0.388 e. The number of anilines is 2. The van der Waals surface area contributed by atoms with Crippen molar-refractivity contribution in [1.29, 1.82) is 0 Å². The average Bonchev–Trinajstić information content (AvgIpc) is 2.90. The minimum absolute atomic E-state index is 0.136. The highest BCUT2D eigenvalue weighted by atomic mass is 16.6. The smallest absolute Gasteiger partial charge is 0.269 e. The molecule has 0 aromatic heterocycles. The maximum Gasteiger partial charge on any atom is 0.269 e. The first-order valence-corrected chi connectivity index (χ1v) is 6.97. The Labute approximate surface area is 123 Å². The number of benzene rings is 2. The van der Waals surface area contributed by atoms with Crippen LogP contribution in [-0.2, 0) is 13.0 Å². The number of non-ortho nitro benzene ring substituents is 1. The summed E-state index contributed by atoms with van der Waals surface area (Å²) in [6, 6.07) is 13.3. The molecule has 0 atom stereocenters. The standard InChI is InChI=1S/C16H17N3O2/c1-17-15-7-6-14(19(20)21)10-13(15)11-18-9-8-12-4-2-3-5-16(12)18/h2-7,10,17H,8-9,11H2,1H3. The molecule has 3 rings (SSSR count). The number of nitro groups is 1. The highest BCUT2D eigenvalue weighted by Crippen LogP contribution is 2.31. The predicted octanol–water partition coefficient (Wildman–Crippen LogP) is 3.20. The van der Waals surface area contributed by atoms with Crippen LogP contribution in [0.25, 0.3) is 0 Å². The fraction of sp³-hybridized carbons (Fsp3) is 0.250. The van der Waals surface area contributed by atoms with Gasteiger partial charge in [0.25, 0.3) is 5.69 Å². The van der Waals surface area contributed by atoms with Gasteiger partial charge in [-0.25, -0.2) is 0 Å². The SMILES string of the molecule is CNc1ccc([N+](=O)[O-])cc1CN1CCc2ccccc21. The van der Waals surface area contributed by atoms with E-state index in [9.17, 15) is 10.1 Å². The minimum Gasteiger partial charge on any atom is -0.388 e. The van der Waals surface area contributed by atoms with Gasteiger partial charge in [0.15, 0.2) is 0 Å². The fourth-order valence-corrected chi connectivity index (χ4v) is 2.84. The Hall–Kier alpha value is -2.56. The molecule has 0 saturated carbocycles. The Morgan fingerprint density at radius 3 is 2.86 bits per heavy atom. The van der Waals surface area contributed by atoms with E-state index in [0.29, 0.717) is 6.54 Å². The van der Waals surface area contributed by atoms with Crippen molar-refractivity contribution in [2.75, 3.05) is 23.8 Å². The van der Waals surface area contributed by atoms with E-state index in [4.69, 9.17) is 0 Å². The molecule has 1 aliphatic rings. The van der Waals surface area contributed by atoms with E-state index in [1.54, 1.807) is 12.1 Å². The molecule has 1 N–H and O–H groups in total. The molecule has 2 aromatic rings. The molecule has 0 aliphatic carbocycles. The van der Waals surface area contributed by atoms with E-state index in [0.717, 1.165) is 24.2 Å². The number of rotatable bonds is 4. The third-order valence-electron chi connectivity index (χ3n) is 3.91. The molecule has 5 nitrogen and oxygen atoms in total. The monoisotopic (exact) mass is 283 g/mol. The summed E-state index contributed by atoms with van der Waals surface area (Å²) in [4.78, 5) is 12.9. The van der Waals surface area contributed by atoms with Crippen molar-refractivity contribution in [3.05, 3.63) is 63.7 Å². The van der Waals surface area contributed by atoms with Gasteiger partial charge in [0.1, 0.15) is 0 Å². The van der Waals surface area contributed by atoms with Crippen LogP contribution in [0.3, 0.4) is 0 Å². The van der Waals surface area contributed by atoms with Crippen molar-refractivity contribution < 1.29 is 4.92 Å². The van der Waals surface area contributed by atoms with Crippen molar-refractivity contribution in [3.63, 3.8) is 0 Å². The van der Waals surface area contributed by atoms with Gasteiger partial charge in [0, 0.05) is 49.2 Å². The quantitative estimate of drug-likeness (QED) is 0.691. The first-order chi connectivity index (χ1) is 10.2. The summed E-state index contributed by atoms with van der Waals surface area (Å²) in [6.07, 6.45) is 1.03. The summed E-state index contributed by atoms with van der Waals surface area (Å²) in [5.74, 6) is 0. The van der Waals surface area contributed by atoms with Crippen molar-refractivity contribution in [3.8, 4) is 0 Å². The number of nitro benzene ring substituents is 1. The Morgan fingerprint density at radius 1 is 1.29 bits per heavy atom. The summed E-state index contributed by atoms with van der Waals surface area (Å²) in [5.41, 5.74) is 4.59. The summed E-state index contributed by atoms with van der Waals surface area (Å²) >= 11 is 0. The second-order valence-electron chi connectivity index (χ2n) is 5.15. The van der Waals surface area contributed by atoms with Gasteiger partial charge in [-0.3, -0.25) is 10.1 Å². The number of nitrogens with one attached hydrogen (secondary N) is 1. The topological polar surface area (TPSA) is 58.4 Å². The van der Waals surface area contributed by atoms with Crippen LogP contribution in [-0.4, -0.2) is 18.5 Å². The van der Waals surface area contributed by atoms with Crippen LogP contribution in [0.2, 0.25) is 0 Å². The van der Waals surface area contributed by atoms with Gasteiger partial charge in [0.05, 0.1) is 4.92 Å². The zero-order chi connectivity index (χ0) is 14.8. The molecule has 0 fully saturated rings. The first-order valence-electron chi connectivity index (χ1n) is 6.97. The van der Waals surface area contributed by atoms with Crippen LogP contribution in [0.1, 0.15) is 11.1 Å². The zero-order valence-electron chi connectivity index (χ0n) is 11.9. The third-order valence-corrected chi connectivity index (χ3v) is 3.91. The lowest BCUT2D eigenvalue weighted by Crippen LogP contribution is -2.20. The number of para-hydroxylation sites is 1. The molecule has 0 bridgehead atoms. The van der Waals surface area contributed by atoms with Crippen molar-refractivity contribution in [2.45, 2.75) is 13.0 Å². The van der Waals surface area contributed by atoms with E-state index >= 15 is 0 Å². The van der Waals surface area contributed by atoms with Gasteiger partial charge >= 0.3 is 0 Å². The van der Waals surface area contributed by atoms with Crippen molar-refractivity contribution >= 4 is 17.1 Å². The molecule has 0 amide bonds. The van der Waals surface area contributed by atoms with Crippen molar-refractivity contribution in [2.24, 2.45) is 0 Å². The van der Waals surface area contributed by atoms with Crippen LogP contribution in [0.15, 0.2) is 42.5 Å². The third kappa shape index (κ3) is 2.54. The molecule has 21 heavy (non-hydrogen) atoms. The molecule has 0 saturated heterocycles. The van der Waals surface area contributed by atoms with Gasteiger partial charge in [0.2, 0.25) is 0 Å². The molecule has 5 heteroatoms. The van der Waals surface area contributed by atoms with Gasteiger partial charge in [-0.2, -0.15) is 0 Å². The number of fused-ring (bicyclic) bond motifs is 1. The summed E-state index contributed by atoms with van der Waals surface area (Å²) < 4.78 is 0. The molecular formula is C16H17N3O2. The number of hydrogen-bond acceptors (Lipinski definition) is 4. The predicted molar refractivity (Wildman–Crippen MR) is 83.8 cm³/mol. The van der Waals surface area contributed by atoms with Crippen LogP contribution < -0.4 is 10.2 Å². The van der Waals surface area contributed by atoms with E-state index < -0.39 is 0 Å². The summed E-state index contributed by atoms with van der Waals surface area (Å²) in [6.45, 7) is 1.63. The normalized spacial score (nSPS) is 13.1. The van der Waals surface area contributed by atoms with E-state index in [1.807, 2.05) is 13.1 Å². The Bertz CT molecular complexity index is 685. The number of nitrogens with zero attached hydrogens (tertiary/aromatic N) is 2. The molecule has 108 valence electrons. The lowest BCUT2D eigenvalue weighted by atomic mass is 10.1. The van der Waals surface area contributed by atoms with Gasteiger partial charge in [-0.1, -0.05) is 18.2 Å². The molecular weight excluding hydrogens is 266 g/mol. The molecule has 1 aliphatic heterocycles. The molecule has 0 spiro atoms. The van der Waals surface area contributed by atoms with Crippen LogP contribution in [0.5, 0.6) is 0 Å². The van der Waals surface area contributed by atoms with Crippen LogP contribution in [0.4, 0.5) is 17.1 Å². The number of hydrogen-bond donors (Lipinski definition) is 1. The molecule has 0 radical (unpaired) electrons. The summed E-state index contributed by atoms with van der Waals surface area (Å²) in [7, 11) is 1.84. The maximum atomic E-state index is 11.0. The minimum atomic E-state index is -0.346. The second kappa shape index (κ2) is 5.44. The van der Waals surface area contributed by atoms with Gasteiger partial charge in [-0.05, 0) is 24.1 Å². The fourth-order valence-electron chi connectivity index (χ4n) is 2.84. The Morgan fingerprint density at radius 2 is 2.10 bits per heavy atom. The lowest BCUT2D eigenvalue weighted by molar-refractivity contribution is -0.384. The van der Waals surface area contributed by atoms with Gasteiger partial charge in [-0.15, -0.1) is 0 Å². The Balaban J connectivity index is 1.91. The van der Waals surface area contributed by atoms with Crippen molar-refractivity contribution in [1.82, 2.24) is 0 Å². The van der Waals surface area contributed by atoms with Gasteiger partial charge < -0.3 is 10.2 Å². The van der Waals surface area contributed by atoms with E-state index in [2.05, 4.69) is 28.4 Å². The van der Waals surface area contributed by atoms with Crippen LogP contribution in [0, 0.1) is 10.1 Å². The average molecular weight is 283 g/mol.